The zero-order chi connectivity index (χ0) is 11.4. The molecule has 1 aromatic heterocycles. The molecule has 2 rings (SSSR count). The summed E-state index contributed by atoms with van der Waals surface area (Å²) in [5.74, 6) is 0.279. The molecule has 1 aromatic carbocycles. The van der Waals surface area contributed by atoms with Gasteiger partial charge in [-0.25, -0.2) is 4.98 Å². The third kappa shape index (κ3) is 2.34. The van der Waals surface area contributed by atoms with Crippen molar-refractivity contribution in [1.29, 1.82) is 0 Å². The lowest BCUT2D eigenvalue weighted by Crippen LogP contribution is -2.05. The summed E-state index contributed by atoms with van der Waals surface area (Å²) < 4.78 is 0. The summed E-state index contributed by atoms with van der Waals surface area (Å²) in [6.07, 6.45) is 2.71. The Balaban J connectivity index is 2.06. The number of aryl methyl sites for hydroxylation is 1. The monoisotopic (exact) mass is 215 g/mol. The molecule has 0 unspecified atom stereocenters. The molecule has 0 bridgehead atoms. The van der Waals surface area contributed by atoms with Gasteiger partial charge in [0.05, 0.1) is 0 Å². The second-order valence-electron chi connectivity index (χ2n) is 3.60. The predicted molar refractivity (Wildman–Crippen MR) is 60.2 cm³/mol. The number of Topliss-reactive ketones (excluding diaryl/α,β-unsaturated/α-hetero) is 1. The maximum atomic E-state index is 11.7. The van der Waals surface area contributed by atoms with Crippen LogP contribution in [0.3, 0.4) is 0 Å². The number of H-pyrrole nitrogens is 1. The molecule has 0 saturated heterocycles. The highest BCUT2D eigenvalue weighted by molar-refractivity contribution is 5.93. The van der Waals surface area contributed by atoms with Crippen molar-refractivity contribution in [2.75, 3.05) is 0 Å². The van der Waals surface area contributed by atoms with Gasteiger partial charge in [-0.05, 0) is 17.5 Å². The fraction of sp³-hybridized carbons (Fsp3) is 0.250. The number of aromatic nitrogens is 3. The molecule has 0 saturated carbocycles. The second-order valence-corrected chi connectivity index (χ2v) is 3.60. The van der Waals surface area contributed by atoms with Crippen molar-refractivity contribution in [1.82, 2.24) is 15.2 Å². The van der Waals surface area contributed by atoms with Crippen LogP contribution in [0.1, 0.15) is 28.7 Å². The van der Waals surface area contributed by atoms with Crippen LogP contribution in [0.2, 0.25) is 0 Å². The van der Waals surface area contributed by atoms with E-state index in [2.05, 4.69) is 22.1 Å². The van der Waals surface area contributed by atoms with Crippen LogP contribution in [0.25, 0.3) is 0 Å². The Bertz CT molecular complexity index is 460. The fourth-order valence-corrected chi connectivity index (χ4v) is 1.50. The number of benzene rings is 1. The molecule has 16 heavy (non-hydrogen) atoms. The SMILES string of the molecule is CCc1ccc(CC(=O)c2ncn[nH]2)cc1. The Morgan fingerprint density at radius 3 is 2.50 bits per heavy atom. The van der Waals surface area contributed by atoms with E-state index >= 15 is 0 Å². The number of ketones is 1. The number of hydrogen-bond acceptors (Lipinski definition) is 3. The summed E-state index contributed by atoms with van der Waals surface area (Å²) in [6.45, 7) is 2.11. The standard InChI is InChI=1S/C12H13N3O/c1-2-9-3-5-10(6-4-9)7-11(16)12-13-8-14-15-12/h3-6,8H,2,7H2,1H3,(H,13,14,15). The Hall–Kier alpha value is -1.97. The van der Waals surface area contributed by atoms with Crippen molar-refractivity contribution in [3.05, 3.63) is 47.5 Å². The number of hydrogen-bond donors (Lipinski definition) is 1. The van der Waals surface area contributed by atoms with Gasteiger partial charge in [0.2, 0.25) is 5.78 Å². The molecule has 4 heteroatoms. The number of carbonyl (C=O) groups excluding carboxylic acids is 1. The molecule has 1 N–H and O–H groups in total. The molecule has 0 atom stereocenters. The molecule has 0 amide bonds. The number of carbonyl (C=O) groups is 1. The zero-order valence-electron chi connectivity index (χ0n) is 9.10. The number of aromatic amines is 1. The highest BCUT2D eigenvalue weighted by Gasteiger charge is 2.09. The van der Waals surface area contributed by atoms with E-state index < -0.39 is 0 Å². The van der Waals surface area contributed by atoms with E-state index in [9.17, 15) is 4.79 Å². The van der Waals surface area contributed by atoms with Crippen molar-refractivity contribution in [3.63, 3.8) is 0 Å². The second kappa shape index (κ2) is 4.70. The van der Waals surface area contributed by atoms with E-state index in [0.29, 0.717) is 12.2 Å². The minimum Gasteiger partial charge on any atom is -0.290 e. The van der Waals surface area contributed by atoms with E-state index in [4.69, 9.17) is 0 Å². The van der Waals surface area contributed by atoms with Crippen LogP contribution < -0.4 is 0 Å². The van der Waals surface area contributed by atoms with Crippen LogP contribution in [0, 0.1) is 0 Å². The lowest BCUT2D eigenvalue weighted by atomic mass is 10.1. The van der Waals surface area contributed by atoms with Crippen LogP contribution >= 0.6 is 0 Å². The summed E-state index contributed by atoms with van der Waals surface area (Å²) in [5.41, 5.74) is 2.27. The first-order valence-corrected chi connectivity index (χ1v) is 5.26. The Kier molecular flexibility index (Phi) is 3.10. The van der Waals surface area contributed by atoms with Gasteiger partial charge in [-0.15, -0.1) is 0 Å². The lowest BCUT2D eigenvalue weighted by Gasteiger charge is -2.00. The van der Waals surface area contributed by atoms with Crippen molar-refractivity contribution < 1.29 is 4.79 Å². The van der Waals surface area contributed by atoms with Crippen molar-refractivity contribution in [3.8, 4) is 0 Å². The van der Waals surface area contributed by atoms with Gasteiger partial charge >= 0.3 is 0 Å². The van der Waals surface area contributed by atoms with E-state index in [1.54, 1.807) is 0 Å². The molecule has 0 aliphatic carbocycles. The average molecular weight is 215 g/mol. The molecular weight excluding hydrogens is 202 g/mol. The molecule has 0 spiro atoms. The van der Waals surface area contributed by atoms with E-state index in [1.165, 1.54) is 11.9 Å². The topological polar surface area (TPSA) is 58.6 Å². The normalized spacial score (nSPS) is 10.3. The average Bonchev–Trinajstić information content (AvgIpc) is 2.83. The minimum absolute atomic E-state index is 0.0400. The molecule has 1 heterocycles. The molecule has 0 radical (unpaired) electrons. The molecule has 0 fully saturated rings. The van der Waals surface area contributed by atoms with Crippen LogP contribution in [0.15, 0.2) is 30.6 Å². The third-order valence-corrected chi connectivity index (χ3v) is 2.48. The van der Waals surface area contributed by atoms with Gasteiger partial charge in [0.15, 0.2) is 5.82 Å². The van der Waals surface area contributed by atoms with E-state index in [1.807, 2.05) is 24.3 Å². The van der Waals surface area contributed by atoms with Gasteiger partial charge in [0.25, 0.3) is 0 Å². The Morgan fingerprint density at radius 2 is 1.94 bits per heavy atom. The van der Waals surface area contributed by atoms with Gasteiger partial charge in [-0.3, -0.25) is 9.89 Å². The van der Waals surface area contributed by atoms with Gasteiger partial charge in [-0.2, -0.15) is 5.10 Å². The molecule has 0 aliphatic heterocycles. The van der Waals surface area contributed by atoms with E-state index in [0.717, 1.165) is 12.0 Å². The van der Waals surface area contributed by atoms with Crippen LogP contribution in [0.4, 0.5) is 0 Å². The third-order valence-electron chi connectivity index (χ3n) is 2.48. The van der Waals surface area contributed by atoms with Gasteiger partial charge in [0.1, 0.15) is 6.33 Å². The largest absolute Gasteiger partial charge is 0.290 e. The van der Waals surface area contributed by atoms with Crippen LogP contribution in [0.5, 0.6) is 0 Å². The number of nitrogens with zero attached hydrogens (tertiary/aromatic N) is 2. The van der Waals surface area contributed by atoms with Crippen molar-refractivity contribution >= 4 is 5.78 Å². The summed E-state index contributed by atoms with van der Waals surface area (Å²) in [6, 6.07) is 8.05. The zero-order valence-corrected chi connectivity index (χ0v) is 9.10. The van der Waals surface area contributed by atoms with E-state index in [-0.39, 0.29) is 5.78 Å². The molecule has 0 aliphatic rings. The Morgan fingerprint density at radius 1 is 1.25 bits per heavy atom. The summed E-state index contributed by atoms with van der Waals surface area (Å²) in [7, 11) is 0. The predicted octanol–water partition coefficient (Wildman–Crippen LogP) is 1.79. The highest BCUT2D eigenvalue weighted by Crippen LogP contribution is 2.07. The highest BCUT2D eigenvalue weighted by atomic mass is 16.1. The summed E-state index contributed by atoms with van der Waals surface area (Å²) in [5, 5.41) is 6.22. The number of nitrogens with one attached hydrogen (secondary N) is 1. The quantitative estimate of drug-likeness (QED) is 0.791. The van der Waals surface area contributed by atoms with Gasteiger partial charge < -0.3 is 0 Å². The maximum absolute atomic E-state index is 11.7. The van der Waals surface area contributed by atoms with Crippen LogP contribution in [-0.2, 0) is 12.8 Å². The smallest absolute Gasteiger partial charge is 0.203 e. The van der Waals surface area contributed by atoms with Crippen molar-refractivity contribution in [2.24, 2.45) is 0 Å². The fourth-order valence-electron chi connectivity index (χ4n) is 1.50. The minimum atomic E-state index is -0.0400. The summed E-state index contributed by atoms with van der Waals surface area (Å²) in [4.78, 5) is 15.5. The first-order chi connectivity index (χ1) is 7.79. The molecule has 82 valence electrons. The number of rotatable bonds is 4. The first-order valence-electron chi connectivity index (χ1n) is 5.26. The molecular formula is C12H13N3O. The first kappa shape index (κ1) is 10.5. The van der Waals surface area contributed by atoms with Crippen LogP contribution in [-0.4, -0.2) is 21.0 Å². The molecule has 2 aromatic rings. The summed E-state index contributed by atoms with van der Waals surface area (Å²) >= 11 is 0. The Labute approximate surface area is 93.7 Å². The van der Waals surface area contributed by atoms with Gasteiger partial charge in [0, 0.05) is 6.42 Å². The van der Waals surface area contributed by atoms with Crippen molar-refractivity contribution in [2.45, 2.75) is 19.8 Å². The molecule has 4 nitrogen and oxygen atoms in total. The lowest BCUT2D eigenvalue weighted by molar-refractivity contribution is 0.0983. The maximum Gasteiger partial charge on any atom is 0.203 e. The van der Waals surface area contributed by atoms with Gasteiger partial charge in [-0.1, -0.05) is 31.2 Å².